The van der Waals surface area contributed by atoms with Gasteiger partial charge in [0, 0.05) is 31.7 Å². The summed E-state index contributed by atoms with van der Waals surface area (Å²) in [5.74, 6) is 0.152. The molecular weight excluding hydrogens is 270 g/mol. The Balaban J connectivity index is 2.01. The zero-order chi connectivity index (χ0) is 14.5. The van der Waals surface area contributed by atoms with Crippen molar-refractivity contribution in [2.75, 3.05) is 25.0 Å². The number of hydrogen-bond acceptors (Lipinski definition) is 3. The smallest absolute Gasteiger partial charge is 0.242 e. The quantitative estimate of drug-likeness (QED) is 0.778. The molecule has 0 radical (unpaired) electrons. The second kappa shape index (κ2) is 6.70. The summed E-state index contributed by atoms with van der Waals surface area (Å²) in [6.45, 7) is 1.04. The molecule has 2 rings (SSSR count). The third kappa shape index (κ3) is 4.20. The van der Waals surface area contributed by atoms with Gasteiger partial charge in [-0.15, -0.1) is 0 Å². The van der Waals surface area contributed by atoms with Gasteiger partial charge < -0.3 is 15.5 Å². The standard InChI is InChI=1S/C15H21N3OS/c1-17(12-7-8-12)15(19)11-18(10-9-14(16)20)13-5-3-2-4-6-13/h2-6,12H,7-11H2,1H3,(H2,16,20). The number of rotatable bonds is 7. The topological polar surface area (TPSA) is 49.6 Å². The third-order valence-corrected chi connectivity index (χ3v) is 3.77. The van der Waals surface area contributed by atoms with E-state index in [9.17, 15) is 4.79 Å². The first kappa shape index (κ1) is 14.8. The number of anilines is 1. The first-order valence-electron chi connectivity index (χ1n) is 6.92. The van der Waals surface area contributed by atoms with Crippen LogP contribution in [0.1, 0.15) is 19.3 Å². The molecule has 1 amide bonds. The van der Waals surface area contributed by atoms with Crippen molar-refractivity contribution in [1.82, 2.24) is 4.90 Å². The van der Waals surface area contributed by atoms with E-state index in [1.165, 1.54) is 0 Å². The molecule has 0 aromatic heterocycles. The van der Waals surface area contributed by atoms with Crippen LogP contribution in [0.5, 0.6) is 0 Å². The van der Waals surface area contributed by atoms with Crippen LogP contribution in [0.15, 0.2) is 30.3 Å². The number of thiocarbonyl (C=S) groups is 1. The van der Waals surface area contributed by atoms with Crippen molar-refractivity contribution in [2.45, 2.75) is 25.3 Å². The molecule has 108 valence electrons. The van der Waals surface area contributed by atoms with Crippen LogP contribution in [0.25, 0.3) is 0 Å². The fraction of sp³-hybridized carbons (Fsp3) is 0.467. The number of carbonyl (C=O) groups is 1. The second-order valence-corrected chi connectivity index (χ2v) is 5.73. The molecule has 0 heterocycles. The Kier molecular flexibility index (Phi) is 4.95. The van der Waals surface area contributed by atoms with Crippen molar-refractivity contribution in [3.8, 4) is 0 Å². The van der Waals surface area contributed by atoms with Crippen LogP contribution in [0.3, 0.4) is 0 Å². The minimum absolute atomic E-state index is 0.152. The van der Waals surface area contributed by atoms with E-state index in [0.29, 0.717) is 30.5 Å². The summed E-state index contributed by atoms with van der Waals surface area (Å²) < 4.78 is 0. The van der Waals surface area contributed by atoms with Crippen LogP contribution in [-0.4, -0.2) is 42.0 Å². The van der Waals surface area contributed by atoms with Gasteiger partial charge in [0.1, 0.15) is 0 Å². The van der Waals surface area contributed by atoms with Gasteiger partial charge >= 0.3 is 0 Å². The van der Waals surface area contributed by atoms with Gasteiger partial charge in [0.15, 0.2) is 0 Å². The van der Waals surface area contributed by atoms with E-state index >= 15 is 0 Å². The molecule has 0 saturated heterocycles. The lowest BCUT2D eigenvalue weighted by atomic mass is 10.2. The number of benzene rings is 1. The Bertz CT molecular complexity index is 473. The Morgan fingerprint density at radius 2 is 2.00 bits per heavy atom. The Hall–Kier alpha value is -1.62. The molecule has 1 saturated carbocycles. The molecule has 0 atom stereocenters. The molecule has 0 spiro atoms. The fourth-order valence-corrected chi connectivity index (χ4v) is 2.21. The highest BCUT2D eigenvalue weighted by Crippen LogP contribution is 2.25. The average Bonchev–Trinajstić information content (AvgIpc) is 3.27. The number of likely N-dealkylation sites (N-methyl/N-ethyl adjacent to an activating group) is 1. The van der Waals surface area contributed by atoms with E-state index < -0.39 is 0 Å². The molecule has 1 aliphatic rings. The van der Waals surface area contributed by atoms with E-state index in [0.717, 1.165) is 18.5 Å². The number of amides is 1. The molecule has 0 aliphatic heterocycles. The van der Waals surface area contributed by atoms with Crippen LogP contribution >= 0.6 is 12.2 Å². The molecule has 5 heteroatoms. The highest BCUT2D eigenvalue weighted by molar-refractivity contribution is 7.80. The summed E-state index contributed by atoms with van der Waals surface area (Å²) in [6, 6.07) is 10.4. The summed E-state index contributed by atoms with van der Waals surface area (Å²) in [6.07, 6.45) is 2.87. The SMILES string of the molecule is CN(C(=O)CN(CCC(N)=S)c1ccccc1)C1CC1. The van der Waals surface area contributed by atoms with Gasteiger partial charge in [-0.3, -0.25) is 4.79 Å². The Morgan fingerprint density at radius 3 is 2.55 bits per heavy atom. The predicted molar refractivity (Wildman–Crippen MR) is 85.8 cm³/mol. The van der Waals surface area contributed by atoms with Crippen molar-refractivity contribution in [3.05, 3.63) is 30.3 Å². The molecule has 2 N–H and O–H groups in total. The summed E-state index contributed by atoms with van der Waals surface area (Å²) in [5, 5.41) is 0. The van der Waals surface area contributed by atoms with Gasteiger partial charge in [0.05, 0.1) is 11.5 Å². The first-order chi connectivity index (χ1) is 9.58. The van der Waals surface area contributed by atoms with E-state index in [1.54, 1.807) is 0 Å². The van der Waals surface area contributed by atoms with Crippen LogP contribution in [0.4, 0.5) is 5.69 Å². The second-order valence-electron chi connectivity index (χ2n) is 5.21. The predicted octanol–water partition coefficient (Wildman–Crippen LogP) is 1.79. The Morgan fingerprint density at radius 1 is 1.35 bits per heavy atom. The Labute approximate surface area is 125 Å². The maximum atomic E-state index is 12.3. The lowest BCUT2D eigenvalue weighted by molar-refractivity contribution is -0.128. The highest BCUT2D eigenvalue weighted by Gasteiger charge is 2.30. The van der Waals surface area contributed by atoms with Crippen molar-refractivity contribution in [3.63, 3.8) is 0 Å². The molecule has 1 aliphatic carbocycles. The zero-order valence-corrected chi connectivity index (χ0v) is 12.6. The minimum atomic E-state index is 0.152. The van der Waals surface area contributed by atoms with Crippen molar-refractivity contribution < 1.29 is 4.79 Å². The van der Waals surface area contributed by atoms with Gasteiger partial charge in [0.25, 0.3) is 0 Å². The van der Waals surface area contributed by atoms with Gasteiger partial charge in [-0.25, -0.2) is 0 Å². The summed E-state index contributed by atoms with van der Waals surface area (Å²) >= 11 is 4.94. The van der Waals surface area contributed by atoms with E-state index in [2.05, 4.69) is 0 Å². The lowest BCUT2D eigenvalue weighted by Crippen LogP contribution is -2.40. The van der Waals surface area contributed by atoms with Gasteiger partial charge in [-0.05, 0) is 25.0 Å². The lowest BCUT2D eigenvalue weighted by Gasteiger charge is -2.27. The largest absolute Gasteiger partial charge is 0.393 e. The number of carbonyl (C=O) groups excluding carboxylic acids is 1. The normalized spacial score (nSPS) is 13.8. The maximum Gasteiger partial charge on any atom is 0.242 e. The monoisotopic (exact) mass is 291 g/mol. The van der Waals surface area contributed by atoms with Gasteiger partial charge in [-0.2, -0.15) is 0 Å². The summed E-state index contributed by atoms with van der Waals surface area (Å²) in [7, 11) is 1.89. The van der Waals surface area contributed by atoms with Crippen LogP contribution in [-0.2, 0) is 4.79 Å². The van der Waals surface area contributed by atoms with E-state index in [-0.39, 0.29) is 5.91 Å². The van der Waals surface area contributed by atoms with Crippen LogP contribution in [0, 0.1) is 0 Å². The average molecular weight is 291 g/mol. The number of hydrogen-bond donors (Lipinski definition) is 1. The molecule has 1 aromatic carbocycles. The summed E-state index contributed by atoms with van der Waals surface area (Å²) in [5.41, 5.74) is 6.61. The molecule has 0 unspecified atom stereocenters. The fourth-order valence-electron chi connectivity index (χ4n) is 2.12. The highest BCUT2D eigenvalue weighted by atomic mass is 32.1. The third-order valence-electron chi connectivity index (χ3n) is 3.56. The molecule has 20 heavy (non-hydrogen) atoms. The molecule has 4 nitrogen and oxygen atoms in total. The number of nitrogens with two attached hydrogens (primary N) is 1. The number of para-hydroxylation sites is 1. The van der Waals surface area contributed by atoms with Crippen LogP contribution in [0.2, 0.25) is 0 Å². The van der Waals surface area contributed by atoms with E-state index in [1.807, 2.05) is 47.2 Å². The molecule has 1 aromatic rings. The first-order valence-corrected chi connectivity index (χ1v) is 7.32. The maximum absolute atomic E-state index is 12.3. The van der Waals surface area contributed by atoms with Crippen molar-refractivity contribution in [2.24, 2.45) is 5.73 Å². The van der Waals surface area contributed by atoms with Gasteiger partial charge in [-0.1, -0.05) is 30.4 Å². The molecule has 1 fully saturated rings. The summed E-state index contributed by atoms with van der Waals surface area (Å²) in [4.78, 5) is 16.7. The van der Waals surface area contributed by atoms with Crippen molar-refractivity contribution >= 4 is 28.8 Å². The minimum Gasteiger partial charge on any atom is -0.393 e. The number of nitrogens with zero attached hydrogens (tertiary/aromatic N) is 2. The van der Waals surface area contributed by atoms with Crippen molar-refractivity contribution in [1.29, 1.82) is 0 Å². The van der Waals surface area contributed by atoms with Gasteiger partial charge in [0.2, 0.25) is 5.91 Å². The van der Waals surface area contributed by atoms with Crippen LogP contribution < -0.4 is 10.6 Å². The van der Waals surface area contributed by atoms with E-state index in [4.69, 9.17) is 18.0 Å². The molecule has 0 bridgehead atoms. The zero-order valence-electron chi connectivity index (χ0n) is 11.8. The molecular formula is C15H21N3OS.